The molecular formula is C17H33F3N4O2S. The fraction of sp³-hybridized carbons (Fsp3) is 0.941. The van der Waals surface area contributed by atoms with Gasteiger partial charge in [-0.25, -0.2) is 8.42 Å². The summed E-state index contributed by atoms with van der Waals surface area (Å²) in [5, 5.41) is 6.41. The zero-order valence-corrected chi connectivity index (χ0v) is 17.5. The van der Waals surface area contributed by atoms with Gasteiger partial charge in [0.15, 0.2) is 5.96 Å². The van der Waals surface area contributed by atoms with Crippen molar-refractivity contribution in [2.45, 2.75) is 58.4 Å². The van der Waals surface area contributed by atoms with Crippen LogP contribution in [0, 0.1) is 11.3 Å². The standard InChI is InChI=1S/C17H33F3N4O2S/c1-16(2,3)9-5-6-10-22-15(21-4)23-13-14-7-11-24(12-8-14)27(25,26)17(18,19)20/h14H,5-13H2,1-4H3,(H2,21,22,23). The molecule has 0 aromatic rings. The van der Waals surface area contributed by atoms with Gasteiger partial charge in [0.1, 0.15) is 0 Å². The molecule has 1 fully saturated rings. The second kappa shape index (κ2) is 9.95. The molecule has 1 aliphatic rings. The van der Waals surface area contributed by atoms with Crippen molar-refractivity contribution in [3.8, 4) is 0 Å². The second-order valence-corrected chi connectivity index (χ2v) is 10.1. The summed E-state index contributed by atoms with van der Waals surface area (Å²) in [5.41, 5.74) is -4.90. The molecule has 0 unspecified atom stereocenters. The van der Waals surface area contributed by atoms with Gasteiger partial charge in [0.05, 0.1) is 0 Å². The van der Waals surface area contributed by atoms with Crippen LogP contribution in [0.2, 0.25) is 0 Å². The number of nitrogens with one attached hydrogen (secondary N) is 2. The van der Waals surface area contributed by atoms with E-state index in [2.05, 4.69) is 36.4 Å². The lowest BCUT2D eigenvalue weighted by Crippen LogP contribution is -2.47. The third-order valence-electron chi connectivity index (χ3n) is 4.63. The summed E-state index contributed by atoms with van der Waals surface area (Å²) in [7, 11) is -3.54. The highest BCUT2D eigenvalue weighted by Gasteiger charge is 2.50. The fourth-order valence-corrected chi connectivity index (χ4v) is 3.93. The molecule has 160 valence electrons. The Morgan fingerprint density at radius 2 is 1.70 bits per heavy atom. The minimum atomic E-state index is -5.23. The molecule has 10 heteroatoms. The summed E-state index contributed by atoms with van der Waals surface area (Å²) in [6.45, 7) is 7.80. The fourth-order valence-electron chi connectivity index (χ4n) is 2.95. The van der Waals surface area contributed by atoms with Gasteiger partial charge in [-0.2, -0.15) is 17.5 Å². The number of piperidine rings is 1. The minimum absolute atomic E-state index is 0.104. The molecule has 0 amide bonds. The smallest absolute Gasteiger partial charge is 0.356 e. The van der Waals surface area contributed by atoms with Crippen LogP contribution < -0.4 is 10.6 Å². The Balaban J connectivity index is 2.30. The third-order valence-corrected chi connectivity index (χ3v) is 6.26. The highest BCUT2D eigenvalue weighted by molar-refractivity contribution is 7.90. The Bertz CT molecular complexity index is 578. The molecule has 2 N–H and O–H groups in total. The molecule has 6 nitrogen and oxygen atoms in total. The van der Waals surface area contributed by atoms with Crippen LogP contribution in [-0.2, 0) is 10.0 Å². The van der Waals surface area contributed by atoms with Crippen LogP contribution in [0.4, 0.5) is 13.2 Å². The Kier molecular flexibility index (Phi) is 8.85. The summed E-state index contributed by atoms with van der Waals surface area (Å²) in [5.74, 6) is 0.778. The molecule has 0 aromatic carbocycles. The highest BCUT2D eigenvalue weighted by Crippen LogP contribution is 2.30. The van der Waals surface area contributed by atoms with Crippen LogP contribution in [0.15, 0.2) is 4.99 Å². The Morgan fingerprint density at radius 1 is 1.11 bits per heavy atom. The van der Waals surface area contributed by atoms with Crippen molar-refractivity contribution in [3.63, 3.8) is 0 Å². The highest BCUT2D eigenvalue weighted by atomic mass is 32.2. The summed E-state index contributed by atoms with van der Waals surface area (Å²) in [4.78, 5) is 4.14. The van der Waals surface area contributed by atoms with E-state index in [0.717, 1.165) is 25.8 Å². The molecule has 1 saturated heterocycles. The normalized spacial score (nSPS) is 18.6. The largest absolute Gasteiger partial charge is 0.511 e. The molecular weight excluding hydrogens is 381 g/mol. The number of rotatable bonds is 7. The first kappa shape index (κ1) is 24.0. The van der Waals surface area contributed by atoms with Gasteiger partial charge in [-0.3, -0.25) is 4.99 Å². The molecule has 0 aromatic heterocycles. The van der Waals surface area contributed by atoms with Crippen molar-refractivity contribution in [2.75, 3.05) is 33.2 Å². The number of hydrogen-bond donors (Lipinski definition) is 2. The number of alkyl halides is 3. The maximum Gasteiger partial charge on any atom is 0.511 e. The number of guanidine groups is 1. The third kappa shape index (κ3) is 8.25. The molecule has 1 heterocycles. The van der Waals surface area contributed by atoms with Gasteiger partial charge >= 0.3 is 15.5 Å². The van der Waals surface area contributed by atoms with E-state index in [-0.39, 0.29) is 19.0 Å². The van der Waals surface area contributed by atoms with Crippen LogP contribution in [-0.4, -0.2) is 57.4 Å². The second-order valence-electron chi connectivity index (χ2n) is 8.19. The lowest BCUT2D eigenvalue weighted by molar-refractivity contribution is -0.0496. The zero-order valence-electron chi connectivity index (χ0n) is 16.7. The Morgan fingerprint density at radius 3 is 2.19 bits per heavy atom. The van der Waals surface area contributed by atoms with E-state index in [1.807, 2.05) is 0 Å². The number of unbranched alkanes of at least 4 members (excludes halogenated alkanes) is 1. The SMILES string of the molecule is CN=C(NCCCCC(C)(C)C)NCC1CCN(S(=O)(=O)C(F)(F)F)CC1. The van der Waals surface area contributed by atoms with Gasteiger partial charge in [-0.1, -0.05) is 27.2 Å². The lowest BCUT2D eigenvalue weighted by Gasteiger charge is -2.31. The van der Waals surface area contributed by atoms with E-state index in [4.69, 9.17) is 0 Å². The topological polar surface area (TPSA) is 73.8 Å². The van der Waals surface area contributed by atoms with Crippen molar-refractivity contribution in [1.82, 2.24) is 14.9 Å². The van der Waals surface area contributed by atoms with Gasteiger partial charge in [0.2, 0.25) is 0 Å². The molecule has 0 saturated carbocycles. The van der Waals surface area contributed by atoms with Crippen LogP contribution in [0.3, 0.4) is 0 Å². The average Bonchev–Trinajstić information content (AvgIpc) is 2.55. The van der Waals surface area contributed by atoms with Gasteiger partial charge in [0.25, 0.3) is 0 Å². The van der Waals surface area contributed by atoms with E-state index >= 15 is 0 Å². The monoisotopic (exact) mass is 414 g/mol. The number of nitrogens with zero attached hydrogens (tertiary/aromatic N) is 2. The van der Waals surface area contributed by atoms with Crippen molar-refractivity contribution in [1.29, 1.82) is 0 Å². The van der Waals surface area contributed by atoms with Crippen LogP contribution in [0.1, 0.15) is 52.9 Å². The van der Waals surface area contributed by atoms with Crippen LogP contribution >= 0.6 is 0 Å². The molecule has 0 atom stereocenters. The van der Waals surface area contributed by atoms with E-state index in [1.165, 1.54) is 0 Å². The first-order valence-electron chi connectivity index (χ1n) is 9.38. The first-order chi connectivity index (χ1) is 12.4. The number of hydrogen-bond acceptors (Lipinski definition) is 3. The van der Waals surface area contributed by atoms with Crippen LogP contribution in [0.5, 0.6) is 0 Å². The molecule has 1 rings (SSSR count). The quantitative estimate of drug-likeness (QED) is 0.382. The number of halogens is 3. The zero-order chi connectivity index (χ0) is 20.7. The molecule has 0 bridgehead atoms. The Hall–Kier alpha value is -1.03. The maximum atomic E-state index is 12.6. The van der Waals surface area contributed by atoms with Gasteiger partial charge in [-0.15, -0.1) is 0 Å². The van der Waals surface area contributed by atoms with E-state index in [0.29, 0.717) is 35.1 Å². The van der Waals surface area contributed by atoms with E-state index < -0.39 is 15.5 Å². The number of aliphatic imine (C=N–C) groups is 1. The van der Waals surface area contributed by atoms with Gasteiger partial charge in [-0.05, 0) is 37.0 Å². The van der Waals surface area contributed by atoms with Crippen molar-refractivity contribution in [3.05, 3.63) is 0 Å². The predicted molar refractivity (Wildman–Crippen MR) is 102 cm³/mol. The van der Waals surface area contributed by atoms with E-state index in [9.17, 15) is 21.6 Å². The van der Waals surface area contributed by atoms with Crippen molar-refractivity contribution in [2.24, 2.45) is 16.3 Å². The molecule has 0 spiro atoms. The van der Waals surface area contributed by atoms with Gasteiger partial charge < -0.3 is 10.6 Å². The maximum absolute atomic E-state index is 12.6. The molecule has 0 radical (unpaired) electrons. The minimum Gasteiger partial charge on any atom is -0.356 e. The molecule has 27 heavy (non-hydrogen) atoms. The lowest BCUT2D eigenvalue weighted by atomic mass is 9.90. The Labute approximate surface area is 161 Å². The van der Waals surface area contributed by atoms with Gasteiger partial charge in [0, 0.05) is 33.2 Å². The van der Waals surface area contributed by atoms with E-state index in [1.54, 1.807) is 7.05 Å². The molecule has 0 aliphatic carbocycles. The van der Waals surface area contributed by atoms with Crippen molar-refractivity contribution >= 4 is 16.0 Å². The molecule has 1 aliphatic heterocycles. The van der Waals surface area contributed by atoms with Crippen LogP contribution in [0.25, 0.3) is 0 Å². The summed E-state index contributed by atoms with van der Waals surface area (Å²) in [6.07, 6.45) is 4.10. The number of sulfonamides is 1. The average molecular weight is 415 g/mol. The summed E-state index contributed by atoms with van der Waals surface area (Å²) in [6, 6.07) is 0. The first-order valence-corrected chi connectivity index (χ1v) is 10.8. The predicted octanol–water partition coefficient (Wildman–Crippen LogP) is 2.93. The summed E-state index contributed by atoms with van der Waals surface area (Å²) < 4.78 is 61.1. The summed E-state index contributed by atoms with van der Waals surface area (Å²) >= 11 is 0. The van der Waals surface area contributed by atoms with Crippen molar-refractivity contribution < 1.29 is 21.6 Å².